The predicted octanol–water partition coefficient (Wildman–Crippen LogP) is 3.26. The van der Waals surface area contributed by atoms with Gasteiger partial charge in [0, 0.05) is 67.8 Å². The Morgan fingerprint density at radius 1 is 1.13 bits per heavy atom. The van der Waals surface area contributed by atoms with E-state index in [1.54, 1.807) is 66.8 Å². The molecule has 206 valence electrons. The van der Waals surface area contributed by atoms with Crippen LogP contribution in [0.4, 0.5) is 10.1 Å². The molecule has 1 aliphatic heterocycles. The van der Waals surface area contributed by atoms with Gasteiger partial charge in [-0.2, -0.15) is 5.10 Å². The molecule has 1 unspecified atom stereocenters. The fourth-order valence-electron chi connectivity index (χ4n) is 5.33. The molecular formula is C28H34FN6O3P. The third kappa shape index (κ3) is 4.67. The number of hydrogen-bond donors (Lipinski definition) is 3. The number of aromatic nitrogens is 4. The van der Waals surface area contributed by atoms with Gasteiger partial charge in [-0.25, -0.2) is 13.9 Å². The van der Waals surface area contributed by atoms with Crippen molar-refractivity contribution in [3.05, 3.63) is 81.4 Å². The SMILES string of the molecule is CCP(=O)(CCO)c1ccc(-n2ccn(-c3c4c(nn3-c3cc(C)c(F)c(C)c3)CCNC4)c2=O)cc1NC. The van der Waals surface area contributed by atoms with Gasteiger partial charge in [-0.3, -0.25) is 9.13 Å². The van der Waals surface area contributed by atoms with E-state index < -0.39 is 7.14 Å². The second-order valence-corrected chi connectivity index (χ2v) is 13.2. The highest BCUT2D eigenvalue weighted by molar-refractivity contribution is 7.71. The average molecular weight is 553 g/mol. The molecule has 0 bridgehead atoms. The Hall–Kier alpha value is -3.46. The molecule has 1 aliphatic rings. The second-order valence-electron chi connectivity index (χ2n) is 9.91. The van der Waals surface area contributed by atoms with E-state index in [2.05, 4.69) is 10.6 Å². The highest BCUT2D eigenvalue weighted by atomic mass is 31.2. The highest BCUT2D eigenvalue weighted by Gasteiger charge is 2.27. The number of hydrogen-bond acceptors (Lipinski definition) is 6. The van der Waals surface area contributed by atoms with Crippen LogP contribution in [0, 0.1) is 19.7 Å². The lowest BCUT2D eigenvalue weighted by Gasteiger charge is -2.20. The van der Waals surface area contributed by atoms with Crippen molar-refractivity contribution in [2.75, 3.05) is 37.8 Å². The Morgan fingerprint density at radius 3 is 2.51 bits per heavy atom. The monoisotopic (exact) mass is 552 g/mol. The van der Waals surface area contributed by atoms with Crippen LogP contribution in [0.5, 0.6) is 0 Å². The molecule has 3 N–H and O–H groups in total. The number of nitrogens with one attached hydrogen (secondary N) is 2. The smallest absolute Gasteiger partial charge is 0.338 e. The molecular weight excluding hydrogens is 518 g/mol. The van der Waals surface area contributed by atoms with Gasteiger partial charge >= 0.3 is 5.69 Å². The second kappa shape index (κ2) is 10.6. The van der Waals surface area contributed by atoms with E-state index in [-0.39, 0.29) is 24.3 Å². The normalized spacial score (nSPS) is 14.7. The molecule has 5 rings (SSSR count). The van der Waals surface area contributed by atoms with Crippen LogP contribution in [-0.2, 0) is 17.5 Å². The summed E-state index contributed by atoms with van der Waals surface area (Å²) in [5.41, 5.74) is 4.54. The topological polar surface area (TPSA) is 106 Å². The van der Waals surface area contributed by atoms with Gasteiger partial charge in [0.1, 0.15) is 18.8 Å². The molecule has 0 amide bonds. The van der Waals surface area contributed by atoms with Gasteiger partial charge in [0.2, 0.25) is 0 Å². The molecule has 1 atom stereocenters. The number of benzene rings is 2. The third-order valence-electron chi connectivity index (χ3n) is 7.49. The van der Waals surface area contributed by atoms with Crippen LogP contribution in [0.1, 0.15) is 29.3 Å². The predicted molar refractivity (Wildman–Crippen MR) is 153 cm³/mol. The van der Waals surface area contributed by atoms with E-state index in [1.807, 2.05) is 13.0 Å². The summed E-state index contributed by atoms with van der Waals surface area (Å²) in [5.74, 6) is 0.368. The summed E-state index contributed by atoms with van der Waals surface area (Å²) >= 11 is 0. The Morgan fingerprint density at radius 2 is 1.85 bits per heavy atom. The lowest BCUT2D eigenvalue weighted by Crippen LogP contribution is -2.27. The molecule has 0 fully saturated rings. The summed E-state index contributed by atoms with van der Waals surface area (Å²) in [6, 6.07) is 8.86. The number of fused-ring (bicyclic) bond motifs is 1. The molecule has 9 nitrogen and oxygen atoms in total. The summed E-state index contributed by atoms with van der Waals surface area (Å²) in [7, 11) is -1.03. The number of aliphatic hydroxyl groups excluding tert-OH is 1. The third-order valence-corrected chi connectivity index (χ3v) is 10.7. The number of imidazole rings is 1. The first-order valence-electron chi connectivity index (χ1n) is 13.1. The molecule has 2 aromatic carbocycles. The van der Waals surface area contributed by atoms with Gasteiger partial charge in [0.15, 0.2) is 0 Å². The Bertz CT molecular complexity index is 1630. The summed E-state index contributed by atoms with van der Waals surface area (Å²) in [6.07, 6.45) is 4.78. The minimum atomic E-state index is -2.78. The van der Waals surface area contributed by atoms with Crippen molar-refractivity contribution in [2.24, 2.45) is 0 Å². The molecule has 0 saturated carbocycles. The summed E-state index contributed by atoms with van der Waals surface area (Å²) in [6.45, 7) is 6.50. The van der Waals surface area contributed by atoms with Crippen LogP contribution in [0.15, 0.2) is 47.5 Å². The van der Waals surface area contributed by atoms with Crippen LogP contribution < -0.4 is 21.6 Å². The quantitative estimate of drug-likeness (QED) is 0.290. The maximum Gasteiger partial charge on any atom is 0.338 e. The molecule has 0 aliphatic carbocycles. The lowest BCUT2D eigenvalue weighted by atomic mass is 10.1. The molecule has 2 aromatic heterocycles. The number of halogens is 1. The van der Waals surface area contributed by atoms with Gasteiger partial charge in [0.05, 0.1) is 23.7 Å². The maximum atomic E-state index is 14.4. The molecule has 0 saturated heterocycles. The first-order valence-corrected chi connectivity index (χ1v) is 15.2. The zero-order valence-corrected chi connectivity index (χ0v) is 23.6. The van der Waals surface area contributed by atoms with Crippen molar-refractivity contribution in [1.29, 1.82) is 0 Å². The van der Waals surface area contributed by atoms with Gasteiger partial charge in [-0.1, -0.05) is 6.92 Å². The highest BCUT2D eigenvalue weighted by Crippen LogP contribution is 2.45. The molecule has 0 spiro atoms. The van der Waals surface area contributed by atoms with E-state index >= 15 is 0 Å². The fourth-order valence-corrected chi connectivity index (χ4v) is 7.52. The van der Waals surface area contributed by atoms with E-state index in [0.29, 0.717) is 52.0 Å². The number of nitrogens with zero attached hydrogens (tertiary/aromatic N) is 4. The number of aliphatic hydroxyl groups is 1. The fraction of sp³-hybridized carbons (Fsp3) is 0.357. The first-order chi connectivity index (χ1) is 18.7. The van der Waals surface area contributed by atoms with E-state index in [4.69, 9.17) is 5.10 Å². The van der Waals surface area contributed by atoms with Crippen molar-refractivity contribution >= 4 is 18.1 Å². The Balaban J connectivity index is 1.65. The summed E-state index contributed by atoms with van der Waals surface area (Å²) in [4.78, 5) is 13.9. The number of aryl methyl sites for hydroxylation is 2. The van der Waals surface area contributed by atoms with Gasteiger partial charge in [-0.15, -0.1) is 0 Å². The molecule has 3 heterocycles. The maximum absolute atomic E-state index is 14.4. The lowest BCUT2D eigenvalue weighted by molar-refractivity contribution is 0.319. The van der Waals surface area contributed by atoms with Crippen LogP contribution in [-0.4, -0.2) is 56.5 Å². The van der Waals surface area contributed by atoms with Gasteiger partial charge < -0.3 is 20.3 Å². The van der Waals surface area contributed by atoms with Crippen LogP contribution >= 0.6 is 7.14 Å². The number of anilines is 1. The Kier molecular flexibility index (Phi) is 7.37. The zero-order chi connectivity index (χ0) is 27.9. The molecule has 39 heavy (non-hydrogen) atoms. The summed E-state index contributed by atoms with van der Waals surface area (Å²) < 4.78 is 32.8. The van der Waals surface area contributed by atoms with E-state index in [9.17, 15) is 18.9 Å². The van der Waals surface area contributed by atoms with Crippen LogP contribution in [0.2, 0.25) is 0 Å². The zero-order valence-electron chi connectivity index (χ0n) is 22.7. The number of rotatable bonds is 8. The van der Waals surface area contributed by atoms with Crippen molar-refractivity contribution < 1.29 is 14.1 Å². The van der Waals surface area contributed by atoms with Crippen molar-refractivity contribution in [1.82, 2.24) is 24.2 Å². The average Bonchev–Trinajstić information content (AvgIpc) is 3.51. The standard InChI is InChI=1S/C28H34FN6O3P/c1-5-39(38,13-12-36)25-7-6-20(16-24(25)30-4)33-10-11-34(28(33)37)27-22-17-31-9-8-23(22)32-35(27)21-14-18(2)26(29)19(3)15-21/h6-7,10-11,14-16,30-31,36H,5,8-9,12-13,17H2,1-4H3. The van der Waals surface area contributed by atoms with Crippen molar-refractivity contribution in [2.45, 2.75) is 33.7 Å². The minimum absolute atomic E-state index is 0.154. The first kappa shape index (κ1) is 27.1. The minimum Gasteiger partial charge on any atom is -0.396 e. The summed E-state index contributed by atoms with van der Waals surface area (Å²) in [5, 5.41) is 21.5. The largest absolute Gasteiger partial charge is 0.396 e. The molecule has 0 radical (unpaired) electrons. The van der Waals surface area contributed by atoms with Gasteiger partial charge in [0.25, 0.3) is 0 Å². The van der Waals surface area contributed by atoms with Crippen LogP contribution in [0.25, 0.3) is 17.2 Å². The Labute approximate surface area is 226 Å². The van der Waals surface area contributed by atoms with Crippen molar-refractivity contribution in [3.8, 4) is 17.2 Å². The van der Waals surface area contributed by atoms with Crippen LogP contribution in [0.3, 0.4) is 0 Å². The van der Waals surface area contributed by atoms with Gasteiger partial charge in [-0.05, 0) is 55.3 Å². The van der Waals surface area contributed by atoms with E-state index in [0.717, 1.165) is 24.2 Å². The molecule has 11 heteroatoms. The molecule has 4 aromatic rings. The van der Waals surface area contributed by atoms with E-state index in [1.165, 1.54) is 4.57 Å². The van der Waals surface area contributed by atoms with Crippen molar-refractivity contribution in [3.63, 3.8) is 0 Å².